The molecule has 0 fully saturated rings. The Kier molecular flexibility index (Phi) is 8.33. The van der Waals surface area contributed by atoms with Crippen LogP contribution in [-0.4, -0.2) is 23.5 Å². The second kappa shape index (κ2) is 10.2. The maximum Gasteiger partial charge on any atom is 0.233 e. The Bertz CT molecular complexity index is 664. The van der Waals surface area contributed by atoms with Gasteiger partial charge in [0.2, 0.25) is 5.91 Å². The normalized spacial score (nSPS) is 12.0. The van der Waals surface area contributed by atoms with E-state index >= 15 is 0 Å². The summed E-state index contributed by atoms with van der Waals surface area (Å²) < 4.78 is 0. The van der Waals surface area contributed by atoms with Crippen LogP contribution in [0.3, 0.4) is 0 Å². The van der Waals surface area contributed by atoms with Crippen LogP contribution in [0.1, 0.15) is 12.5 Å². The molecule has 0 unspecified atom stereocenters. The number of halogens is 2. The molecule has 2 aromatic carbocycles. The lowest BCUT2D eigenvalue weighted by Crippen LogP contribution is -2.32. The van der Waals surface area contributed by atoms with Gasteiger partial charge in [-0.3, -0.25) is 4.79 Å². The van der Waals surface area contributed by atoms with E-state index in [1.54, 1.807) is 11.8 Å². The van der Waals surface area contributed by atoms with Gasteiger partial charge in [-0.1, -0.05) is 35.3 Å². The molecular weight excluding hydrogens is 381 g/mol. The number of benzene rings is 2. The zero-order chi connectivity index (χ0) is 17.4. The van der Waals surface area contributed by atoms with Crippen LogP contribution in [0.2, 0.25) is 10.0 Å². The average Bonchev–Trinajstić information content (AvgIpc) is 2.56. The van der Waals surface area contributed by atoms with Crippen molar-refractivity contribution in [2.24, 2.45) is 0 Å². The summed E-state index contributed by atoms with van der Waals surface area (Å²) in [4.78, 5) is 13.1. The van der Waals surface area contributed by atoms with Crippen molar-refractivity contribution in [3.8, 4) is 0 Å². The minimum atomic E-state index is -0.135. The lowest BCUT2D eigenvalue weighted by molar-refractivity contribution is -0.120. The molecule has 0 saturated carbocycles. The third-order valence-corrected chi connectivity index (χ3v) is 5.83. The molecule has 6 heteroatoms. The quantitative estimate of drug-likeness (QED) is 0.467. The van der Waals surface area contributed by atoms with E-state index in [0.29, 0.717) is 11.6 Å². The van der Waals surface area contributed by atoms with Crippen molar-refractivity contribution in [2.75, 3.05) is 12.3 Å². The highest BCUT2D eigenvalue weighted by molar-refractivity contribution is 8.00. The molecule has 2 rings (SSSR count). The van der Waals surface area contributed by atoms with Gasteiger partial charge in [-0.05, 0) is 48.9 Å². The summed E-state index contributed by atoms with van der Waals surface area (Å²) in [5.41, 5.74) is 1.20. The Hall–Kier alpha value is -0.810. The highest BCUT2D eigenvalue weighted by atomic mass is 35.5. The highest BCUT2D eigenvalue weighted by Gasteiger charge is 2.13. The van der Waals surface area contributed by atoms with Crippen molar-refractivity contribution < 1.29 is 4.79 Å². The van der Waals surface area contributed by atoms with E-state index in [9.17, 15) is 4.79 Å². The summed E-state index contributed by atoms with van der Waals surface area (Å²) in [5.74, 6) is 1.82. The first kappa shape index (κ1) is 19.5. The maximum absolute atomic E-state index is 12.1. The predicted octanol–water partition coefficient (Wildman–Crippen LogP) is 5.52. The number of thioether (sulfide) groups is 2. The number of nitrogens with one attached hydrogen (secondary N) is 1. The van der Waals surface area contributed by atoms with Crippen molar-refractivity contribution >= 4 is 52.6 Å². The maximum atomic E-state index is 12.1. The molecule has 0 radical (unpaired) electrons. The average molecular weight is 400 g/mol. The van der Waals surface area contributed by atoms with Crippen LogP contribution in [0, 0.1) is 0 Å². The Morgan fingerprint density at radius 2 is 1.88 bits per heavy atom. The molecule has 0 saturated heterocycles. The molecular formula is C18H19Cl2NOS2. The first-order chi connectivity index (χ1) is 11.5. The molecule has 0 aromatic heterocycles. The van der Waals surface area contributed by atoms with Crippen LogP contribution in [-0.2, 0) is 10.5 Å². The minimum Gasteiger partial charge on any atom is -0.354 e. The summed E-state index contributed by atoms with van der Waals surface area (Å²) in [7, 11) is 0. The van der Waals surface area contributed by atoms with Crippen molar-refractivity contribution in [1.82, 2.24) is 5.32 Å². The molecule has 128 valence electrons. The first-order valence-electron chi connectivity index (χ1n) is 7.57. The number of amides is 1. The van der Waals surface area contributed by atoms with Crippen LogP contribution in [0.4, 0.5) is 0 Å². The summed E-state index contributed by atoms with van der Waals surface area (Å²) in [5, 5.41) is 4.30. The van der Waals surface area contributed by atoms with Gasteiger partial charge in [-0.15, -0.1) is 11.8 Å². The summed E-state index contributed by atoms with van der Waals surface area (Å²) >= 11 is 15.1. The Morgan fingerprint density at radius 1 is 1.12 bits per heavy atom. The van der Waals surface area contributed by atoms with Crippen molar-refractivity contribution in [2.45, 2.75) is 22.8 Å². The van der Waals surface area contributed by atoms with Gasteiger partial charge in [0.25, 0.3) is 0 Å². The minimum absolute atomic E-state index is 0.0540. The smallest absolute Gasteiger partial charge is 0.233 e. The van der Waals surface area contributed by atoms with Crippen LogP contribution < -0.4 is 5.32 Å². The topological polar surface area (TPSA) is 29.1 Å². The molecule has 2 aromatic rings. The van der Waals surface area contributed by atoms with Gasteiger partial charge in [0.05, 0.1) is 5.25 Å². The zero-order valence-corrected chi connectivity index (χ0v) is 16.4. The lowest BCUT2D eigenvalue weighted by atomic mass is 10.2. The molecule has 1 atom stereocenters. The predicted molar refractivity (Wildman–Crippen MR) is 107 cm³/mol. The van der Waals surface area contributed by atoms with E-state index in [0.717, 1.165) is 21.4 Å². The molecule has 1 N–H and O–H groups in total. The third-order valence-electron chi connectivity index (χ3n) is 3.20. The summed E-state index contributed by atoms with van der Waals surface area (Å²) in [6.07, 6.45) is 0. The van der Waals surface area contributed by atoms with Gasteiger partial charge in [-0.2, -0.15) is 11.8 Å². The van der Waals surface area contributed by atoms with E-state index in [-0.39, 0.29) is 11.2 Å². The van der Waals surface area contributed by atoms with Crippen LogP contribution >= 0.6 is 46.7 Å². The molecule has 0 aliphatic heterocycles. The number of hydrogen-bond acceptors (Lipinski definition) is 3. The number of carbonyl (C=O) groups is 1. The Balaban J connectivity index is 1.64. The van der Waals surface area contributed by atoms with Crippen molar-refractivity contribution in [1.29, 1.82) is 0 Å². The Labute approximate surface area is 161 Å². The molecule has 0 bridgehead atoms. The molecule has 0 spiro atoms. The van der Waals surface area contributed by atoms with E-state index in [2.05, 4.69) is 11.4 Å². The summed E-state index contributed by atoms with van der Waals surface area (Å²) in [6, 6.07) is 15.4. The molecule has 1 amide bonds. The fraction of sp³-hybridized carbons (Fsp3) is 0.278. The first-order valence-corrected chi connectivity index (χ1v) is 10.4. The molecule has 24 heavy (non-hydrogen) atoms. The lowest BCUT2D eigenvalue weighted by Gasteiger charge is -2.12. The Morgan fingerprint density at radius 3 is 2.58 bits per heavy atom. The monoisotopic (exact) mass is 399 g/mol. The second-order valence-electron chi connectivity index (χ2n) is 5.19. The SMILES string of the molecule is C[C@H](Sc1ccc(Cl)cc1)C(=O)NCCSCc1cccc(Cl)c1. The molecule has 2 nitrogen and oxygen atoms in total. The van der Waals surface area contributed by atoms with E-state index in [4.69, 9.17) is 23.2 Å². The van der Waals surface area contributed by atoms with Crippen molar-refractivity contribution in [3.63, 3.8) is 0 Å². The fourth-order valence-corrected chi connectivity index (χ4v) is 4.01. The van der Waals surface area contributed by atoms with Gasteiger partial charge < -0.3 is 5.32 Å². The summed E-state index contributed by atoms with van der Waals surface area (Å²) in [6.45, 7) is 2.57. The zero-order valence-electron chi connectivity index (χ0n) is 13.3. The van der Waals surface area contributed by atoms with E-state index < -0.39 is 0 Å². The second-order valence-corrected chi connectivity index (χ2v) is 8.58. The van der Waals surface area contributed by atoms with Crippen LogP contribution in [0.5, 0.6) is 0 Å². The van der Waals surface area contributed by atoms with Gasteiger partial charge in [-0.25, -0.2) is 0 Å². The number of hydrogen-bond donors (Lipinski definition) is 1. The van der Waals surface area contributed by atoms with Gasteiger partial charge in [0, 0.05) is 33.0 Å². The molecule has 0 aliphatic carbocycles. The van der Waals surface area contributed by atoms with Crippen molar-refractivity contribution in [3.05, 3.63) is 64.1 Å². The number of carbonyl (C=O) groups excluding carboxylic acids is 1. The van der Waals surface area contributed by atoms with E-state index in [1.807, 2.05) is 49.4 Å². The number of rotatable bonds is 8. The molecule has 0 heterocycles. The highest BCUT2D eigenvalue weighted by Crippen LogP contribution is 2.24. The standard InChI is InChI=1S/C18H19Cl2NOS2/c1-13(24-17-7-5-15(19)6-8-17)18(22)21-9-10-23-12-14-3-2-4-16(20)11-14/h2-8,11,13H,9-10,12H2,1H3,(H,21,22)/t13-/m0/s1. The largest absolute Gasteiger partial charge is 0.354 e. The fourth-order valence-electron chi connectivity index (χ4n) is 1.98. The van der Waals surface area contributed by atoms with Gasteiger partial charge in [0.15, 0.2) is 0 Å². The van der Waals surface area contributed by atoms with E-state index in [1.165, 1.54) is 17.3 Å². The van der Waals surface area contributed by atoms with Gasteiger partial charge >= 0.3 is 0 Å². The third kappa shape index (κ3) is 6.98. The van der Waals surface area contributed by atoms with Crippen LogP contribution in [0.15, 0.2) is 53.4 Å². The van der Waals surface area contributed by atoms with Gasteiger partial charge in [0.1, 0.15) is 0 Å². The molecule has 0 aliphatic rings. The van der Waals surface area contributed by atoms with Crippen LogP contribution in [0.25, 0.3) is 0 Å².